The van der Waals surface area contributed by atoms with E-state index in [1.54, 1.807) is 11.6 Å². The number of nitrogens with two attached hydrogens (primary N) is 1. The van der Waals surface area contributed by atoms with Gasteiger partial charge in [-0.15, -0.1) is 0 Å². The Morgan fingerprint density at radius 3 is 1.85 bits per heavy atom. The molecule has 0 aliphatic rings. The van der Waals surface area contributed by atoms with Crippen molar-refractivity contribution in [3.8, 4) is 0 Å². The molecule has 4 aromatic rings. The van der Waals surface area contributed by atoms with Crippen molar-refractivity contribution in [2.45, 2.75) is 12.8 Å². The number of carbonyl (C=O) groups is 2. The Morgan fingerprint density at radius 2 is 1.33 bits per heavy atom. The van der Waals surface area contributed by atoms with E-state index in [4.69, 9.17) is 5.73 Å². The molecule has 6 nitrogen and oxygen atoms in total. The molecule has 0 radical (unpaired) electrons. The van der Waals surface area contributed by atoms with Crippen LogP contribution in [0.1, 0.15) is 11.1 Å². The summed E-state index contributed by atoms with van der Waals surface area (Å²) >= 11 is 0. The van der Waals surface area contributed by atoms with Gasteiger partial charge in [0.05, 0.1) is 11.0 Å². The molecule has 6 heteroatoms. The van der Waals surface area contributed by atoms with Crippen LogP contribution in [0.5, 0.6) is 0 Å². The Kier molecular flexibility index (Phi) is 4.16. The lowest BCUT2D eigenvalue weighted by atomic mass is 10.0. The summed E-state index contributed by atoms with van der Waals surface area (Å²) in [6, 6.07) is 14.9. The van der Waals surface area contributed by atoms with Crippen LogP contribution in [0.25, 0.3) is 21.8 Å². The topological polar surface area (TPSA) is 82.1 Å². The molecule has 0 bridgehead atoms. The lowest BCUT2D eigenvalue weighted by molar-refractivity contribution is 0.245. The molecule has 0 spiro atoms. The van der Waals surface area contributed by atoms with Gasteiger partial charge >= 0.3 is 12.1 Å². The number of carbonyl (C=O) groups excluding carboxylic acids is 2. The number of aromatic nitrogens is 2. The van der Waals surface area contributed by atoms with Gasteiger partial charge in [0.25, 0.3) is 0 Å². The minimum absolute atomic E-state index is 0.164. The van der Waals surface area contributed by atoms with Crippen molar-refractivity contribution in [3.63, 3.8) is 0 Å². The van der Waals surface area contributed by atoms with Crippen molar-refractivity contribution in [1.29, 1.82) is 0 Å². The Balaban J connectivity index is 1.72. The quantitative estimate of drug-likeness (QED) is 0.586. The number of primary amides is 1. The van der Waals surface area contributed by atoms with Gasteiger partial charge in [-0.05, 0) is 36.1 Å². The van der Waals surface area contributed by atoms with Crippen molar-refractivity contribution < 1.29 is 9.59 Å². The number of benzene rings is 2. The zero-order valence-corrected chi connectivity index (χ0v) is 15.0. The highest BCUT2D eigenvalue weighted by molar-refractivity contribution is 5.94. The van der Waals surface area contributed by atoms with Crippen LogP contribution in [-0.4, -0.2) is 28.2 Å². The number of nitrogens with zero attached hydrogens (tertiary/aromatic N) is 2. The fourth-order valence-electron chi connectivity index (χ4n) is 3.64. The zero-order chi connectivity index (χ0) is 19.0. The molecule has 0 fully saturated rings. The van der Waals surface area contributed by atoms with Crippen molar-refractivity contribution in [2.24, 2.45) is 5.73 Å². The molecule has 2 aromatic heterocycles. The summed E-state index contributed by atoms with van der Waals surface area (Å²) in [4.78, 5) is 23.9. The summed E-state index contributed by atoms with van der Waals surface area (Å²) in [5, 5.41) is 4.74. The predicted octanol–water partition coefficient (Wildman–Crippen LogP) is 3.50. The van der Waals surface area contributed by atoms with Gasteiger partial charge < -0.3 is 11.1 Å². The van der Waals surface area contributed by atoms with Crippen molar-refractivity contribution in [1.82, 2.24) is 14.5 Å². The second kappa shape index (κ2) is 6.64. The van der Waals surface area contributed by atoms with Gasteiger partial charge in [0.2, 0.25) is 0 Å². The van der Waals surface area contributed by atoms with Crippen LogP contribution in [0.2, 0.25) is 0 Å². The molecule has 2 aromatic carbocycles. The van der Waals surface area contributed by atoms with Gasteiger partial charge in [0.15, 0.2) is 0 Å². The van der Waals surface area contributed by atoms with Gasteiger partial charge in [-0.25, -0.2) is 9.59 Å². The molecule has 0 saturated heterocycles. The minimum Gasteiger partial charge on any atom is -0.351 e. The van der Waals surface area contributed by atoms with Crippen LogP contribution in [0.3, 0.4) is 0 Å². The van der Waals surface area contributed by atoms with Gasteiger partial charge in [-0.2, -0.15) is 0 Å². The fraction of sp³-hybridized carbons (Fsp3) is 0.143. The lowest BCUT2D eigenvalue weighted by Crippen LogP contribution is -2.23. The maximum absolute atomic E-state index is 12.2. The Hall–Kier alpha value is -3.54. The highest BCUT2D eigenvalue weighted by atomic mass is 16.2. The molecule has 2 heterocycles. The van der Waals surface area contributed by atoms with Crippen LogP contribution in [0.15, 0.2) is 60.9 Å². The first-order chi connectivity index (χ1) is 13.1. The summed E-state index contributed by atoms with van der Waals surface area (Å²) in [7, 11) is 1.62. The molecule has 136 valence electrons. The Bertz CT molecular complexity index is 1170. The van der Waals surface area contributed by atoms with E-state index in [1.807, 2.05) is 60.9 Å². The normalized spacial score (nSPS) is 11.1. The molecule has 0 aliphatic carbocycles. The van der Waals surface area contributed by atoms with E-state index in [-0.39, 0.29) is 6.03 Å². The first kappa shape index (κ1) is 16.9. The standard InChI is InChI=1S/C21H20N4O2/c1-23-21(27)25-13-15(17-7-3-5-9-19(17)25)11-10-14-12-24(20(22)26)18-8-4-2-6-16(14)18/h2-9,12-13H,10-11H2,1H3,(H2,22,26)(H,23,27). The summed E-state index contributed by atoms with van der Waals surface area (Å²) in [6.07, 6.45) is 5.18. The van der Waals surface area contributed by atoms with Crippen molar-refractivity contribution >= 4 is 33.9 Å². The van der Waals surface area contributed by atoms with Gasteiger partial charge in [0.1, 0.15) is 0 Å². The highest BCUT2D eigenvalue weighted by Crippen LogP contribution is 2.26. The van der Waals surface area contributed by atoms with Crippen LogP contribution >= 0.6 is 0 Å². The number of para-hydroxylation sites is 2. The molecule has 4 rings (SSSR count). The molecule has 0 saturated carbocycles. The fourth-order valence-corrected chi connectivity index (χ4v) is 3.64. The number of hydrogen-bond donors (Lipinski definition) is 2. The number of nitrogens with one attached hydrogen (secondary N) is 1. The number of hydrogen-bond acceptors (Lipinski definition) is 2. The SMILES string of the molecule is CNC(=O)n1cc(CCc2cn(C(N)=O)c3ccccc23)c2ccccc21. The Labute approximate surface area is 156 Å². The second-order valence-electron chi connectivity index (χ2n) is 6.48. The first-order valence-electron chi connectivity index (χ1n) is 8.80. The van der Waals surface area contributed by atoms with Gasteiger partial charge in [-0.3, -0.25) is 9.13 Å². The summed E-state index contributed by atoms with van der Waals surface area (Å²) in [5.41, 5.74) is 9.34. The largest absolute Gasteiger partial charge is 0.351 e. The highest BCUT2D eigenvalue weighted by Gasteiger charge is 2.15. The average molecular weight is 360 g/mol. The first-order valence-corrected chi connectivity index (χ1v) is 8.80. The summed E-state index contributed by atoms with van der Waals surface area (Å²) in [5.74, 6) is 0. The van der Waals surface area contributed by atoms with Crippen LogP contribution in [0, 0.1) is 0 Å². The third-order valence-electron chi connectivity index (χ3n) is 4.92. The molecule has 0 atom stereocenters. The molecule has 3 N–H and O–H groups in total. The maximum Gasteiger partial charge on any atom is 0.325 e. The number of aryl methyl sites for hydroxylation is 2. The van der Waals surface area contributed by atoms with Gasteiger partial charge in [0, 0.05) is 30.2 Å². The van der Waals surface area contributed by atoms with Crippen molar-refractivity contribution in [3.05, 3.63) is 72.1 Å². The molecule has 27 heavy (non-hydrogen) atoms. The second-order valence-corrected chi connectivity index (χ2v) is 6.48. The monoisotopic (exact) mass is 360 g/mol. The molecule has 2 amide bonds. The van der Waals surface area contributed by atoms with E-state index in [2.05, 4.69) is 5.32 Å². The predicted molar refractivity (Wildman–Crippen MR) is 106 cm³/mol. The number of amides is 2. The van der Waals surface area contributed by atoms with E-state index in [0.29, 0.717) is 0 Å². The average Bonchev–Trinajstić information content (AvgIpc) is 3.25. The van der Waals surface area contributed by atoms with Crippen LogP contribution in [-0.2, 0) is 12.8 Å². The number of rotatable bonds is 3. The minimum atomic E-state index is -0.492. The molecule has 0 aliphatic heterocycles. The molecular formula is C21H20N4O2. The Morgan fingerprint density at radius 1 is 0.852 bits per heavy atom. The summed E-state index contributed by atoms with van der Waals surface area (Å²) in [6.45, 7) is 0. The van der Waals surface area contributed by atoms with E-state index in [1.165, 1.54) is 4.57 Å². The van der Waals surface area contributed by atoms with E-state index < -0.39 is 6.03 Å². The van der Waals surface area contributed by atoms with Gasteiger partial charge in [-0.1, -0.05) is 36.4 Å². The molecular weight excluding hydrogens is 340 g/mol. The molecule has 0 unspecified atom stereocenters. The third-order valence-corrected chi connectivity index (χ3v) is 4.92. The van der Waals surface area contributed by atoms with Crippen LogP contribution in [0.4, 0.5) is 9.59 Å². The van der Waals surface area contributed by atoms with Crippen molar-refractivity contribution in [2.75, 3.05) is 7.05 Å². The summed E-state index contributed by atoms with van der Waals surface area (Å²) < 4.78 is 3.12. The lowest BCUT2D eigenvalue weighted by Gasteiger charge is -2.01. The third kappa shape index (κ3) is 2.85. The van der Waals surface area contributed by atoms with E-state index in [9.17, 15) is 9.59 Å². The maximum atomic E-state index is 12.2. The zero-order valence-electron chi connectivity index (χ0n) is 15.0. The van der Waals surface area contributed by atoms with E-state index >= 15 is 0 Å². The number of fused-ring (bicyclic) bond motifs is 2. The van der Waals surface area contributed by atoms with Crippen LogP contribution < -0.4 is 11.1 Å². The van der Waals surface area contributed by atoms with E-state index in [0.717, 1.165) is 45.8 Å². The smallest absolute Gasteiger partial charge is 0.325 e.